The maximum Gasteiger partial charge on any atom is 0.490 e. The zero-order chi connectivity index (χ0) is 11.2. The van der Waals surface area contributed by atoms with E-state index < -0.39 is 12.1 Å². The molecule has 1 aromatic carbocycles. The molecule has 0 spiro atoms. The third kappa shape index (κ3) is 5.87. The van der Waals surface area contributed by atoms with Crippen molar-refractivity contribution in [1.82, 2.24) is 0 Å². The summed E-state index contributed by atoms with van der Waals surface area (Å²) in [5.41, 5.74) is 0. The van der Waals surface area contributed by atoms with E-state index in [0.717, 1.165) is 0 Å². The van der Waals surface area contributed by atoms with E-state index in [4.69, 9.17) is 15.0 Å². The number of phenols is 1. The molecule has 0 atom stereocenters. The molecule has 0 amide bonds. The van der Waals surface area contributed by atoms with Gasteiger partial charge in [0.2, 0.25) is 0 Å². The Labute approximate surface area is 77.4 Å². The van der Waals surface area contributed by atoms with Crippen LogP contribution >= 0.6 is 0 Å². The van der Waals surface area contributed by atoms with Gasteiger partial charge >= 0.3 is 12.1 Å². The fourth-order valence-electron chi connectivity index (χ4n) is 0.428. The lowest BCUT2D eigenvalue weighted by Crippen LogP contribution is -2.21. The second-order valence-corrected chi connectivity index (χ2v) is 2.14. The maximum atomic E-state index is 10.6. The van der Waals surface area contributed by atoms with Gasteiger partial charge in [0.05, 0.1) is 0 Å². The van der Waals surface area contributed by atoms with Crippen LogP contribution in [0.5, 0.6) is 5.75 Å². The zero-order valence-corrected chi connectivity index (χ0v) is 6.82. The van der Waals surface area contributed by atoms with E-state index in [1.54, 1.807) is 24.3 Å². The smallest absolute Gasteiger partial charge is 0.490 e. The summed E-state index contributed by atoms with van der Waals surface area (Å²) in [5, 5.41) is 15.8. The number of hydrogen-bond donors (Lipinski definition) is 2. The first-order chi connectivity index (χ1) is 6.34. The van der Waals surface area contributed by atoms with Crippen LogP contribution in [0.15, 0.2) is 30.3 Å². The Kier molecular flexibility index (Phi) is 4.48. The van der Waals surface area contributed by atoms with Crippen LogP contribution in [0.2, 0.25) is 0 Å². The van der Waals surface area contributed by atoms with Crippen LogP contribution in [0.1, 0.15) is 0 Å². The van der Waals surface area contributed by atoms with Crippen molar-refractivity contribution in [2.45, 2.75) is 6.18 Å². The van der Waals surface area contributed by atoms with Crippen molar-refractivity contribution < 1.29 is 28.2 Å². The van der Waals surface area contributed by atoms with Gasteiger partial charge in [-0.1, -0.05) is 18.2 Å². The molecule has 0 fully saturated rings. The summed E-state index contributed by atoms with van der Waals surface area (Å²) in [7, 11) is 0. The Morgan fingerprint density at radius 2 is 1.50 bits per heavy atom. The van der Waals surface area contributed by atoms with Gasteiger partial charge in [0.15, 0.2) is 0 Å². The number of benzene rings is 1. The molecule has 6 heteroatoms. The minimum Gasteiger partial charge on any atom is -0.508 e. The summed E-state index contributed by atoms with van der Waals surface area (Å²) >= 11 is 0. The minimum absolute atomic E-state index is 0.322. The quantitative estimate of drug-likeness (QED) is 0.685. The van der Waals surface area contributed by atoms with Crippen molar-refractivity contribution in [1.29, 1.82) is 0 Å². The average Bonchev–Trinajstić information content (AvgIpc) is 2.04. The number of aromatic hydroxyl groups is 1. The highest BCUT2D eigenvalue weighted by Gasteiger charge is 2.38. The third-order valence-corrected chi connectivity index (χ3v) is 0.999. The second-order valence-electron chi connectivity index (χ2n) is 2.14. The van der Waals surface area contributed by atoms with Gasteiger partial charge in [-0.25, -0.2) is 4.79 Å². The zero-order valence-electron chi connectivity index (χ0n) is 6.82. The Balaban J connectivity index is 0.000000241. The van der Waals surface area contributed by atoms with Crippen molar-refractivity contribution in [3.05, 3.63) is 30.3 Å². The lowest BCUT2D eigenvalue weighted by Gasteiger charge is -1.93. The summed E-state index contributed by atoms with van der Waals surface area (Å²) < 4.78 is 31.7. The van der Waals surface area contributed by atoms with Crippen molar-refractivity contribution in [2.24, 2.45) is 0 Å². The molecular formula is C8H7F3O3. The number of alkyl halides is 3. The van der Waals surface area contributed by atoms with Gasteiger partial charge in [-0.3, -0.25) is 0 Å². The van der Waals surface area contributed by atoms with Crippen molar-refractivity contribution in [3.8, 4) is 5.75 Å². The Hall–Kier alpha value is -1.72. The lowest BCUT2D eigenvalue weighted by molar-refractivity contribution is -0.192. The van der Waals surface area contributed by atoms with Crippen LogP contribution in [-0.2, 0) is 4.79 Å². The largest absolute Gasteiger partial charge is 0.508 e. The fourth-order valence-corrected chi connectivity index (χ4v) is 0.428. The van der Waals surface area contributed by atoms with Crippen LogP contribution in [0.4, 0.5) is 13.2 Å². The summed E-state index contributed by atoms with van der Waals surface area (Å²) in [4.78, 5) is 8.90. The van der Waals surface area contributed by atoms with E-state index in [1.807, 2.05) is 6.07 Å². The molecule has 0 saturated carbocycles. The summed E-state index contributed by atoms with van der Waals surface area (Å²) in [6.45, 7) is 0. The lowest BCUT2D eigenvalue weighted by atomic mass is 10.3. The summed E-state index contributed by atoms with van der Waals surface area (Å²) in [6, 6.07) is 8.71. The summed E-state index contributed by atoms with van der Waals surface area (Å²) in [5.74, 6) is -2.44. The molecular weight excluding hydrogens is 201 g/mol. The van der Waals surface area contributed by atoms with E-state index in [1.165, 1.54) is 0 Å². The standard InChI is InChI=1S/C6H6O.C2HF3O2/c7-6-4-2-1-3-5-6;3-2(4,5)1(6)7/h1-5,7H;(H,6,7). The Morgan fingerprint density at radius 1 is 1.14 bits per heavy atom. The molecule has 0 heterocycles. The maximum absolute atomic E-state index is 10.6. The van der Waals surface area contributed by atoms with E-state index in [0.29, 0.717) is 5.75 Å². The number of para-hydroxylation sites is 1. The monoisotopic (exact) mass is 208 g/mol. The summed E-state index contributed by atoms with van der Waals surface area (Å²) in [6.07, 6.45) is -5.08. The van der Waals surface area contributed by atoms with Crippen molar-refractivity contribution in [2.75, 3.05) is 0 Å². The number of phenolic OH excluding ortho intramolecular Hbond substituents is 1. The molecule has 78 valence electrons. The number of rotatable bonds is 0. The van der Waals surface area contributed by atoms with Crippen LogP contribution in [0, 0.1) is 0 Å². The van der Waals surface area contributed by atoms with Crippen molar-refractivity contribution >= 4 is 5.97 Å². The number of carboxylic acids is 1. The molecule has 2 N–H and O–H groups in total. The molecule has 0 radical (unpaired) electrons. The topological polar surface area (TPSA) is 57.5 Å². The number of carboxylic acid groups (broad SMARTS) is 1. The first-order valence-corrected chi connectivity index (χ1v) is 3.38. The van der Waals surface area contributed by atoms with E-state index in [-0.39, 0.29) is 0 Å². The van der Waals surface area contributed by atoms with Gasteiger partial charge in [-0.15, -0.1) is 0 Å². The molecule has 0 saturated heterocycles. The number of halogens is 3. The Morgan fingerprint density at radius 3 is 1.64 bits per heavy atom. The molecule has 0 aromatic heterocycles. The van der Waals surface area contributed by atoms with E-state index in [9.17, 15) is 13.2 Å². The van der Waals surface area contributed by atoms with Crippen molar-refractivity contribution in [3.63, 3.8) is 0 Å². The molecule has 0 aliphatic heterocycles. The van der Waals surface area contributed by atoms with E-state index in [2.05, 4.69) is 0 Å². The van der Waals surface area contributed by atoms with Gasteiger partial charge in [0.1, 0.15) is 5.75 Å². The predicted molar refractivity (Wildman–Crippen MR) is 41.8 cm³/mol. The number of aliphatic carboxylic acids is 1. The highest BCUT2D eigenvalue weighted by atomic mass is 19.4. The molecule has 0 aliphatic carbocycles. The molecule has 0 unspecified atom stereocenters. The predicted octanol–water partition coefficient (Wildman–Crippen LogP) is 2.03. The van der Waals surface area contributed by atoms with Gasteiger partial charge in [-0.2, -0.15) is 13.2 Å². The van der Waals surface area contributed by atoms with Gasteiger partial charge in [-0.05, 0) is 12.1 Å². The molecule has 0 bridgehead atoms. The first kappa shape index (κ1) is 12.3. The normalized spacial score (nSPS) is 9.93. The fraction of sp³-hybridized carbons (Fsp3) is 0.125. The molecule has 1 aromatic rings. The Bertz CT molecular complexity index is 282. The van der Waals surface area contributed by atoms with Gasteiger partial charge < -0.3 is 10.2 Å². The van der Waals surface area contributed by atoms with Gasteiger partial charge in [0, 0.05) is 0 Å². The molecule has 3 nitrogen and oxygen atoms in total. The SMILES string of the molecule is O=C(O)C(F)(F)F.Oc1ccccc1. The first-order valence-electron chi connectivity index (χ1n) is 3.38. The average molecular weight is 208 g/mol. The highest BCUT2D eigenvalue weighted by Crippen LogP contribution is 2.13. The molecule has 0 aliphatic rings. The highest BCUT2D eigenvalue weighted by molar-refractivity contribution is 5.73. The number of hydrogen-bond acceptors (Lipinski definition) is 2. The van der Waals surface area contributed by atoms with Gasteiger partial charge in [0.25, 0.3) is 0 Å². The minimum atomic E-state index is -5.08. The van der Waals surface area contributed by atoms with Crippen LogP contribution in [0.3, 0.4) is 0 Å². The van der Waals surface area contributed by atoms with Crippen LogP contribution in [0.25, 0.3) is 0 Å². The van der Waals surface area contributed by atoms with Crippen LogP contribution in [-0.4, -0.2) is 22.4 Å². The molecule has 1 rings (SSSR count). The van der Waals surface area contributed by atoms with Crippen LogP contribution < -0.4 is 0 Å². The van der Waals surface area contributed by atoms with E-state index >= 15 is 0 Å². The third-order valence-electron chi connectivity index (χ3n) is 0.999. The second kappa shape index (κ2) is 5.11. The number of carbonyl (C=O) groups is 1. The molecule has 14 heavy (non-hydrogen) atoms.